The fourth-order valence-electron chi connectivity index (χ4n) is 2.47. The van der Waals surface area contributed by atoms with Gasteiger partial charge in [0.25, 0.3) is 0 Å². The van der Waals surface area contributed by atoms with E-state index in [1.165, 1.54) is 18.7 Å². The Bertz CT molecular complexity index is 1070. The van der Waals surface area contributed by atoms with E-state index in [1.54, 1.807) is 37.3 Å². The van der Waals surface area contributed by atoms with Gasteiger partial charge in [-0.3, -0.25) is 4.79 Å². The Balaban J connectivity index is 1.80. The van der Waals surface area contributed by atoms with E-state index in [-0.39, 0.29) is 5.78 Å². The molecular weight excluding hydrogens is 405 g/mol. The highest BCUT2D eigenvalue weighted by Gasteiger charge is 2.15. The zero-order chi connectivity index (χ0) is 19.6. The Hall–Kier alpha value is -2.33. The fourth-order valence-corrected chi connectivity index (χ4v) is 3.86. The van der Waals surface area contributed by atoms with E-state index in [2.05, 4.69) is 16.2 Å². The summed E-state index contributed by atoms with van der Waals surface area (Å²) < 4.78 is 5.36. The average molecular weight is 418 g/mol. The molecule has 0 saturated carbocycles. The van der Waals surface area contributed by atoms with E-state index in [0.29, 0.717) is 49.1 Å². The number of benzene rings is 1. The number of nitrogens with zero attached hydrogens (tertiary/aromatic N) is 3. The van der Waals surface area contributed by atoms with Crippen LogP contribution in [0.2, 0.25) is 10.0 Å². The maximum atomic E-state index is 11.6. The largest absolute Gasteiger partial charge is 0.360 e. The molecule has 0 fully saturated rings. The van der Waals surface area contributed by atoms with Gasteiger partial charge in [0.1, 0.15) is 22.5 Å². The van der Waals surface area contributed by atoms with Crippen LogP contribution in [0.4, 0.5) is 0 Å². The monoisotopic (exact) mass is 417 g/mol. The molecule has 0 saturated heterocycles. The van der Waals surface area contributed by atoms with Crippen molar-refractivity contribution in [3.05, 3.63) is 63.0 Å². The topological polar surface area (TPSA) is 79.8 Å². The van der Waals surface area contributed by atoms with E-state index >= 15 is 0 Å². The maximum Gasteiger partial charge on any atom is 0.161 e. The number of rotatable bonds is 5. The van der Waals surface area contributed by atoms with Gasteiger partial charge in [0, 0.05) is 27.9 Å². The molecule has 8 heteroatoms. The first-order valence-electron chi connectivity index (χ1n) is 7.85. The molecule has 0 amide bonds. The van der Waals surface area contributed by atoms with E-state index in [1.807, 2.05) is 0 Å². The van der Waals surface area contributed by atoms with Crippen molar-refractivity contribution in [2.45, 2.75) is 24.6 Å². The normalized spacial score (nSPS) is 10.6. The second-order valence-electron chi connectivity index (χ2n) is 5.73. The number of carbonyl (C=O) groups is 1. The zero-order valence-corrected chi connectivity index (χ0v) is 16.7. The van der Waals surface area contributed by atoms with Crippen molar-refractivity contribution in [1.82, 2.24) is 10.1 Å². The highest BCUT2D eigenvalue weighted by atomic mass is 35.5. The summed E-state index contributed by atoms with van der Waals surface area (Å²) in [6.45, 7) is 3.20. The minimum atomic E-state index is -0.118. The van der Waals surface area contributed by atoms with Gasteiger partial charge in [0.05, 0.1) is 16.3 Å². The van der Waals surface area contributed by atoms with Crippen LogP contribution in [-0.2, 0) is 5.75 Å². The summed E-state index contributed by atoms with van der Waals surface area (Å²) in [5.41, 5.74) is 2.73. The summed E-state index contributed by atoms with van der Waals surface area (Å²) in [4.78, 5) is 16.0. The number of hydrogen-bond donors (Lipinski definition) is 0. The average Bonchev–Trinajstić information content (AvgIpc) is 3.08. The summed E-state index contributed by atoms with van der Waals surface area (Å²) in [6, 6.07) is 10.6. The highest BCUT2D eigenvalue weighted by Crippen LogP contribution is 2.32. The van der Waals surface area contributed by atoms with E-state index in [9.17, 15) is 10.1 Å². The van der Waals surface area contributed by atoms with Gasteiger partial charge in [-0.1, -0.05) is 40.1 Å². The number of Topliss-reactive ketones (excluding diaryl/α,β-unsaturated/α-hetero) is 1. The quantitative estimate of drug-likeness (QED) is 0.390. The number of nitriles is 1. The van der Waals surface area contributed by atoms with Gasteiger partial charge in [0.2, 0.25) is 0 Å². The molecule has 0 aliphatic rings. The molecule has 0 atom stereocenters. The SMILES string of the molecule is CC(=O)c1cc(C#N)c(SCc2cc(-c3ccc(Cl)cc3Cl)no2)nc1C. The first-order chi connectivity index (χ1) is 12.9. The van der Waals surface area contributed by atoms with Crippen molar-refractivity contribution >= 4 is 40.7 Å². The number of halogens is 2. The number of hydrogen-bond acceptors (Lipinski definition) is 6. The van der Waals surface area contributed by atoms with Crippen LogP contribution < -0.4 is 0 Å². The number of pyridine rings is 1. The Morgan fingerprint density at radius 3 is 2.74 bits per heavy atom. The molecule has 0 spiro atoms. The lowest BCUT2D eigenvalue weighted by Crippen LogP contribution is -2.02. The number of aromatic nitrogens is 2. The van der Waals surface area contributed by atoms with Crippen LogP contribution in [0.3, 0.4) is 0 Å². The fraction of sp³-hybridized carbons (Fsp3) is 0.158. The predicted octanol–water partition coefficient (Wildman–Crippen LogP) is 5.72. The van der Waals surface area contributed by atoms with Crippen LogP contribution in [-0.4, -0.2) is 15.9 Å². The lowest BCUT2D eigenvalue weighted by Gasteiger charge is -2.06. The number of ketones is 1. The molecule has 0 aliphatic carbocycles. The third-order valence-corrected chi connectivity index (χ3v) is 5.36. The molecule has 3 aromatic rings. The third kappa shape index (κ3) is 4.33. The lowest BCUT2D eigenvalue weighted by molar-refractivity contribution is 0.101. The van der Waals surface area contributed by atoms with Crippen molar-refractivity contribution in [2.24, 2.45) is 0 Å². The predicted molar refractivity (Wildman–Crippen MR) is 105 cm³/mol. The van der Waals surface area contributed by atoms with Gasteiger partial charge in [-0.15, -0.1) is 0 Å². The van der Waals surface area contributed by atoms with Crippen molar-refractivity contribution in [1.29, 1.82) is 5.26 Å². The van der Waals surface area contributed by atoms with Crippen LogP contribution >= 0.6 is 35.0 Å². The standard InChI is InChI=1S/C19H13Cl2N3O2S/c1-10-16(11(2)25)5-12(8-22)19(23-10)27-9-14-7-18(24-26-14)15-4-3-13(20)6-17(15)21/h3-7H,9H2,1-2H3. The summed E-state index contributed by atoms with van der Waals surface area (Å²) in [6.07, 6.45) is 0. The Morgan fingerprint density at radius 2 is 2.07 bits per heavy atom. The van der Waals surface area contributed by atoms with Crippen LogP contribution in [0, 0.1) is 18.3 Å². The summed E-state index contributed by atoms with van der Waals surface area (Å²) >= 11 is 13.5. The molecule has 3 rings (SSSR count). The first-order valence-corrected chi connectivity index (χ1v) is 9.59. The first kappa shape index (κ1) is 19.4. The molecular formula is C19H13Cl2N3O2S. The zero-order valence-electron chi connectivity index (χ0n) is 14.4. The Kier molecular flexibility index (Phi) is 5.85. The smallest absolute Gasteiger partial charge is 0.161 e. The molecule has 0 N–H and O–H groups in total. The number of aryl methyl sites for hydroxylation is 1. The Morgan fingerprint density at radius 1 is 1.30 bits per heavy atom. The molecule has 136 valence electrons. The molecule has 0 radical (unpaired) electrons. The van der Waals surface area contributed by atoms with Crippen molar-refractivity contribution in [3.63, 3.8) is 0 Å². The molecule has 2 heterocycles. The molecule has 27 heavy (non-hydrogen) atoms. The molecule has 2 aromatic heterocycles. The highest BCUT2D eigenvalue weighted by molar-refractivity contribution is 7.98. The summed E-state index contributed by atoms with van der Waals surface area (Å²) in [5.74, 6) is 0.923. The van der Waals surface area contributed by atoms with E-state index in [0.717, 1.165) is 5.56 Å². The van der Waals surface area contributed by atoms with Gasteiger partial charge in [0.15, 0.2) is 5.78 Å². The van der Waals surface area contributed by atoms with Crippen LogP contribution in [0.1, 0.15) is 34.3 Å². The molecule has 0 unspecified atom stereocenters. The third-order valence-electron chi connectivity index (χ3n) is 3.80. The van der Waals surface area contributed by atoms with Crippen LogP contribution in [0.5, 0.6) is 0 Å². The van der Waals surface area contributed by atoms with Crippen LogP contribution in [0.25, 0.3) is 11.3 Å². The number of carbonyl (C=O) groups excluding carboxylic acids is 1. The van der Waals surface area contributed by atoms with Crippen molar-refractivity contribution < 1.29 is 9.32 Å². The maximum absolute atomic E-state index is 11.6. The molecule has 5 nitrogen and oxygen atoms in total. The minimum Gasteiger partial charge on any atom is -0.360 e. The van der Waals surface area contributed by atoms with Gasteiger partial charge < -0.3 is 4.52 Å². The van der Waals surface area contributed by atoms with Crippen molar-refractivity contribution in [3.8, 4) is 17.3 Å². The second-order valence-corrected chi connectivity index (χ2v) is 7.54. The summed E-state index contributed by atoms with van der Waals surface area (Å²) in [5, 5.41) is 15.0. The van der Waals surface area contributed by atoms with Crippen molar-refractivity contribution in [2.75, 3.05) is 0 Å². The second kappa shape index (κ2) is 8.13. The molecule has 1 aromatic carbocycles. The van der Waals surface area contributed by atoms with Gasteiger partial charge in [-0.05, 0) is 38.1 Å². The summed E-state index contributed by atoms with van der Waals surface area (Å²) in [7, 11) is 0. The van der Waals surface area contributed by atoms with Crippen LogP contribution in [0.15, 0.2) is 39.9 Å². The van der Waals surface area contributed by atoms with Gasteiger partial charge in [-0.25, -0.2) is 4.98 Å². The Labute approximate surface area is 170 Å². The van der Waals surface area contributed by atoms with E-state index in [4.69, 9.17) is 27.7 Å². The minimum absolute atomic E-state index is 0.118. The number of thioether (sulfide) groups is 1. The molecule has 0 bridgehead atoms. The molecule has 0 aliphatic heterocycles. The van der Waals surface area contributed by atoms with Gasteiger partial charge in [-0.2, -0.15) is 5.26 Å². The van der Waals surface area contributed by atoms with E-state index < -0.39 is 0 Å². The van der Waals surface area contributed by atoms with Gasteiger partial charge >= 0.3 is 0 Å². The lowest BCUT2D eigenvalue weighted by atomic mass is 10.1.